The maximum Gasteiger partial charge on any atom is 0.0577 e. The highest BCUT2D eigenvalue weighted by Crippen LogP contribution is 2.67. The van der Waals surface area contributed by atoms with E-state index >= 15 is 0 Å². The number of aliphatic hydroxyl groups is 2. The maximum absolute atomic E-state index is 10.3. The number of rotatable bonds is 6. The van der Waals surface area contributed by atoms with Gasteiger partial charge in [-0.1, -0.05) is 52.2 Å². The van der Waals surface area contributed by atoms with Crippen LogP contribution in [0.4, 0.5) is 0 Å². The van der Waals surface area contributed by atoms with Crippen LogP contribution in [0.2, 0.25) is 0 Å². The molecule has 4 aliphatic rings. The van der Waals surface area contributed by atoms with Crippen LogP contribution in [0.3, 0.4) is 0 Å². The molecule has 0 amide bonds. The van der Waals surface area contributed by atoms with Crippen molar-refractivity contribution in [2.45, 2.75) is 104 Å². The lowest BCUT2D eigenvalue weighted by atomic mass is 9.47. The molecule has 0 aliphatic heterocycles. The summed E-state index contributed by atoms with van der Waals surface area (Å²) >= 11 is 0. The second-order valence-corrected chi connectivity index (χ2v) is 12.2. The van der Waals surface area contributed by atoms with Gasteiger partial charge >= 0.3 is 0 Å². The van der Waals surface area contributed by atoms with Gasteiger partial charge in [0.25, 0.3) is 0 Å². The minimum absolute atomic E-state index is 0.105. The molecule has 4 rings (SSSR count). The molecule has 0 aromatic rings. The van der Waals surface area contributed by atoms with Crippen LogP contribution in [-0.2, 0) is 0 Å². The molecule has 0 saturated heterocycles. The Hall–Kier alpha value is -0.340. The van der Waals surface area contributed by atoms with Gasteiger partial charge in [0.2, 0.25) is 0 Å². The van der Waals surface area contributed by atoms with Crippen molar-refractivity contribution in [2.24, 2.45) is 46.3 Å². The topological polar surface area (TPSA) is 40.5 Å². The third-order valence-electron chi connectivity index (χ3n) is 10.3. The van der Waals surface area contributed by atoms with Crippen LogP contribution in [0.1, 0.15) is 98.3 Å². The van der Waals surface area contributed by atoms with Crippen molar-refractivity contribution in [2.75, 3.05) is 6.61 Å². The Morgan fingerprint density at radius 1 is 1.03 bits per heavy atom. The van der Waals surface area contributed by atoms with Crippen LogP contribution in [0, 0.1) is 46.3 Å². The zero-order chi connectivity index (χ0) is 20.8. The highest BCUT2D eigenvalue weighted by Gasteiger charge is 2.59. The maximum atomic E-state index is 10.3. The van der Waals surface area contributed by atoms with Gasteiger partial charge in [-0.2, -0.15) is 0 Å². The second kappa shape index (κ2) is 8.30. The molecule has 0 radical (unpaired) electrons. The van der Waals surface area contributed by atoms with Crippen LogP contribution in [0.5, 0.6) is 0 Å². The van der Waals surface area contributed by atoms with E-state index in [4.69, 9.17) is 0 Å². The minimum atomic E-state index is -0.105. The highest BCUT2D eigenvalue weighted by molar-refractivity contribution is 5.25. The van der Waals surface area contributed by atoms with Gasteiger partial charge in [-0.3, -0.25) is 0 Å². The Bertz CT molecular complexity index is 610. The van der Waals surface area contributed by atoms with Crippen molar-refractivity contribution in [1.82, 2.24) is 0 Å². The van der Waals surface area contributed by atoms with Crippen molar-refractivity contribution in [3.05, 3.63) is 11.6 Å². The molecule has 2 heteroatoms. The standard InChI is InChI=1S/C27H46O2/c1-18(2)6-5-7-19(17-28)23-10-11-24-22-9-8-20-16-21(29)12-14-26(20,3)25(22)13-15-27(23,24)4/h8,18-19,21-25,28-29H,5-7,9-17H2,1-4H3. The molecule has 3 fully saturated rings. The molecule has 3 saturated carbocycles. The molecule has 0 heterocycles. The van der Waals surface area contributed by atoms with Crippen molar-refractivity contribution in [1.29, 1.82) is 0 Å². The monoisotopic (exact) mass is 402 g/mol. The molecule has 166 valence electrons. The molecule has 0 aromatic heterocycles. The first-order valence-electron chi connectivity index (χ1n) is 12.8. The van der Waals surface area contributed by atoms with E-state index in [1.807, 2.05) is 0 Å². The molecule has 4 aliphatic carbocycles. The Morgan fingerprint density at radius 3 is 2.55 bits per heavy atom. The molecule has 29 heavy (non-hydrogen) atoms. The summed E-state index contributed by atoms with van der Waals surface area (Å²) < 4.78 is 0. The van der Waals surface area contributed by atoms with E-state index in [0.717, 1.165) is 42.4 Å². The van der Waals surface area contributed by atoms with Gasteiger partial charge in [0.05, 0.1) is 6.10 Å². The lowest BCUT2D eigenvalue weighted by Gasteiger charge is -2.58. The highest BCUT2D eigenvalue weighted by atomic mass is 16.3. The van der Waals surface area contributed by atoms with Gasteiger partial charge in [0, 0.05) is 6.61 Å². The summed E-state index contributed by atoms with van der Waals surface area (Å²) in [6.45, 7) is 10.1. The normalized spacial score (nSPS) is 45.3. The Kier molecular flexibility index (Phi) is 6.26. The Balaban J connectivity index is 1.51. The first-order chi connectivity index (χ1) is 13.8. The van der Waals surface area contributed by atoms with Crippen LogP contribution >= 0.6 is 0 Å². The number of fused-ring (bicyclic) bond motifs is 5. The lowest BCUT2D eigenvalue weighted by molar-refractivity contribution is -0.0623. The Labute approximate surface area is 179 Å². The van der Waals surface area contributed by atoms with E-state index in [0.29, 0.717) is 23.4 Å². The largest absolute Gasteiger partial charge is 0.396 e. The summed E-state index contributed by atoms with van der Waals surface area (Å²) in [6.07, 6.45) is 16.0. The molecule has 8 atom stereocenters. The number of hydrogen-bond acceptors (Lipinski definition) is 2. The second-order valence-electron chi connectivity index (χ2n) is 12.2. The first-order valence-corrected chi connectivity index (χ1v) is 12.8. The van der Waals surface area contributed by atoms with E-state index in [2.05, 4.69) is 33.8 Å². The third kappa shape index (κ3) is 3.75. The molecule has 0 spiro atoms. The molecule has 0 bridgehead atoms. The molecule has 2 N–H and O–H groups in total. The first kappa shape index (κ1) is 21.9. The van der Waals surface area contributed by atoms with Gasteiger partial charge in [-0.05, 0) is 104 Å². The van der Waals surface area contributed by atoms with E-state index in [1.165, 1.54) is 57.8 Å². The fourth-order valence-corrected chi connectivity index (χ4v) is 8.66. The van der Waals surface area contributed by atoms with Crippen LogP contribution in [0.25, 0.3) is 0 Å². The van der Waals surface area contributed by atoms with E-state index in [1.54, 1.807) is 5.57 Å². The van der Waals surface area contributed by atoms with Gasteiger partial charge in [-0.25, -0.2) is 0 Å². The summed E-state index contributed by atoms with van der Waals surface area (Å²) in [7, 11) is 0. The number of hydrogen-bond donors (Lipinski definition) is 2. The molecule has 2 nitrogen and oxygen atoms in total. The van der Waals surface area contributed by atoms with Crippen molar-refractivity contribution in [3.63, 3.8) is 0 Å². The zero-order valence-corrected chi connectivity index (χ0v) is 19.5. The zero-order valence-electron chi connectivity index (χ0n) is 19.5. The summed E-state index contributed by atoms with van der Waals surface area (Å²) in [5.74, 6) is 4.49. The van der Waals surface area contributed by atoms with Gasteiger partial charge < -0.3 is 10.2 Å². The van der Waals surface area contributed by atoms with E-state index < -0.39 is 0 Å². The quantitative estimate of drug-likeness (QED) is 0.507. The van der Waals surface area contributed by atoms with E-state index in [9.17, 15) is 10.2 Å². The predicted molar refractivity (Wildman–Crippen MR) is 120 cm³/mol. The summed E-state index contributed by atoms with van der Waals surface area (Å²) in [4.78, 5) is 0. The molecule has 8 unspecified atom stereocenters. The summed E-state index contributed by atoms with van der Waals surface area (Å²) in [5.41, 5.74) is 2.36. The van der Waals surface area contributed by atoms with Gasteiger partial charge in [0.1, 0.15) is 0 Å². The fraction of sp³-hybridized carbons (Fsp3) is 0.926. The smallest absolute Gasteiger partial charge is 0.0577 e. The van der Waals surface area contributed by atoms with Crippen molar-refractivity contribution >= 4 is 0 Å². The van der Waals surface area contributed by atoms with Crippen LogP contribution in [0.15, 0.2) is 11.6 Å². The minimum Gasteiger partial charge on any atom is -0.396 e. The van der Waals surface area contributed by atoms with Crippen molar-refractivity contribution < 1.29 is 10.2 Å². The molecule has 0 aromatic carbocycles. The van der Waals surface area contributed by atoms with Gasteiger partial charge in [0.15, 0.2) is 0 Å². The average Bonchev–Trinajstić information content (AvgIpc) is 3.03. The number of allylic oxidation sites excluding steroid dienone is 1. The fourth-order valence-electron chi connectivity index (χ4n) is 8.66. The summed E-state index contributed by atoms with van der Waals surface area (Å²) in [5, 5.41) is 20.5. The van der Waals surface area contributed by atoms with Gasteiger partial charge in [-0.15, -0.1) is 0 Å². The van der Waals surface area contributed by atoms with Crippen LogP contribution < -0.4 is 0 Å². The van der Waals surface area contributed by atoms with E-state index in [-0.39, 0.29) is 6.10 Å². The molecular weight excluding hydrogens is 356 g/mol. The lowest BCUT2D eigenvalue weighted by Crippen LogP contribution is -2.51. The molecular formula is C27H46O2. The SMILES string of the molecule is CC(C)CCCC(CO)C1CCC2C3CC=C4CC(O)CCC4(C)C3CCC12C. The third-order valence-corrected chi connectivity index (χ3v) is 10.3. The predicted octanol–water partition coefficient (Wildman–Crippen LogP) is 6.36. The van der Waals surface area contributed by atoms with Crippen LogP contribution in [-0.4, -0.2) is 22.9 Å². The Morgan fingerprint density at radius 2 is 1.83 bits per heavy atom. The summed E-state index contributed by atoms with van der Waals surface area (Å²) in [6, 6.07) is 0. The average molecular weight is 403 g/mol. The number of aliphatic hydroxyl groups excluding tert-OH is 2. The van der Waals surface area contributed by atoms with Crippen molar-refractivity contribution in [3.8, 4) is 0 Å².